The summed E-state index contributed by atoms with van der Waals surface area (Å²) in [4.78, 5) is 0. The van der Waals surface area contributed by atoms with Crippen molar-refractivity contribution in [2.24, 2.45) is 10.8 Å². The van der Waals surface area contributed by atoms with Gasteiger partial charge in [0.2, 0.25) is 0 Å². The van der Waals surface area contributed by atoms with Crippen molar-refractivity contribution < 1.29 is 4.74 Å². The first kappa shape index (κ1) is 10.8. The number of nitrogens with zero attached hydrogens (tertiary/aromatic N) is 2. The molecule has 1 heterocycles. The van der Waals surface area contributed by atoms with Gasteiger partial charge in [0.1, 0.15) is 11.6 Å². The van der Waals surface area contributed by atoms with Crippen molar-refractivity contribution in [1.29, 1.82) is 0 Å². The van der Waals surface area contributed by atoms with Gasteiger partial charge in [-0.1, -0.05) is 0 Å². The number of hydrazone groups is 1. The van der Waals surface area contributed by atoms with E-state index in [9.17, 15) is 0 Å². The van der Waals surface area contributed by atoms with Crippen molar-refractivity contribution in [2.45, 2.75) is 26.3 Å². The number of hydrogen-bond donors (Lipinski definition) is 1. The maximum atomic E-state index is 5.71. The minimum Gasteiger partial charge on any atom is -0.494 e. The number of amidine groups is 1. The molecule has 1 unspecified atom stereocenters. The van der Waals surface area contributed by atoms with E-state index in [4.69, 9.17) is 10.5 Å². The van der Waals surface area contributed by atoms with Crippen molar-refractivity contribution in [3.8, 4) is 5.75 Å². The Morgan fingerprint density at radius 3 is 2.62 bits per heavy atom. The van der Waals surface area contributed by atoms with Crippen molar-refractivity contribution in [3.63, 3.8) is 0 Å². The molecule has 0 fully saturated rings. The van der Waals surface area contributed by atoms with E-state index >= 15 is 0 Å². The molecule has 4 nitrogen and oxygen atoms in total. The Morgan fingerprint density at radius 1 is 1.44 bits per heavy atom. The normalized spacial score (nSPS) is 19.8. The Hall–Kier alpha value is -1.71. The van der Waals surface area contributed by atoms with Gasteiger partial charge in [-0.05, 0) is 38.1 Å². The lowest BCUT2D eigenvalue weighted by molar-refractivity contribution is 0.340. The highest BCUT2D eigenvalue weighted by atomic mass is 16.5. The van der Waals surface area contributed by atoms with Gasteiger partial charge in [-0.3, -0.25) is 5.01 Å². The quantitative estimate of drug-likeness (QED) is 0.845. The van der Waals surface area contributed by atoms with Crippen LogP contribution in [0.15, 0.2) is 29.4 Å². The Morgan fingerprint density at radius 2 is 2.12 bits per heavy atom. The van der Waals surface area contributed by atoms with E-state index in [1.165, 1.54) is 0 Å². The zero-order valence-electron chi connectivity index (χ0n) is 9.68. The first-order chi connectivity index (χ1) is 7.70. The van der Waals surface area contributed by atoms with Gasteiger partial charge >= 0.3 is 0 Å². The summed E-state index contributed by atoms with van der Waals surface area (Å²) < 4.78 is 5.39. The summed E-state index contributed by atoms with van der Waals surface area (Å²) in [6.07, 6.45) is 0.827. The van der Waals surface area contributed by atoms with Crippen LogP contribution in [-0.4, -0.2) is 18.5 Å². The zero-order chi connectivity index (χ0) is 11.5. The number of ether oxygens (including phenoxy) is 1. The van der Waals surface area contributed by atoms with Gasteiger partial charge in [-0.25, -0.2) is 0 Å². The highest BCUT2D eigenvalue weighted by Gasteiger charge is 2.21. The first-order valence-corrected chi connectivity index (χ1v) is 5.55. The summed E-state index contributed by atoms with van der Waals surface area (Å²) in [6.45, 7) is 4.77. The molecule has 0 spiro atoms. The van der Waals surface area contributed by atoms with Crippen LogP contribution >= 0.6 is 0 Å². The zero-order valence-corrected chi connectivity index (χ0v) is 9.68. The van der Waals surface area contributed by atoms with E-state index in [1.807, 2.05) is 36.2 Å². The number of rotatable bonds is 3. The molecule has 0 amide bonds. The van der Waals surface area contributed by atoms with Crippen LogP contribution < -0.4 is 15.5 Å². The van der Waals surface area contributed by atoms with E-state index < -0.39 is 0 Å². The molecular formula is C12H17N3O. The molecule has 0 aromatic heterocycles. The maximum Gasteiger partial charge on any atom is 0.122 e. The predicted molar refractivity (Wildman–Crippen MR) is 65.8 cm³/mol. The van der Waals surface area contributed by atoms with Crippen LogP contribution in [0, 0.1) is 0 Å². The molecule has 2 N–H and O–H groups in total. The smallest absolute Gasteiger partial charge is 0.122 e. The molecule has 1 atom stereocenters. The fourth-order valence-electron chi connectivity index (χ4n) is 1.84. The highest BCUT2D eigenvalue weighted by Crippen LogP contribution is 2.25. The van der Waals surface area contributed by atoms with Crippen LogP contribution in [0.25, 0.3) is 0 Å². The predicted octanol–water partition coefficient (Wildman–Crippen LogP) is 1.96. The van der Waals surface area contributed by atoms with Crippen molar-refractivity contribution in [1.82, 2.24) is 0 Å². The maximum absolute atomic E-state index is 5.71. The lowest BCUT2D eigenvalue weighted by Gasteiger charge is -2.19. The molecule has 0 aliphatic carbocycles. The standard InChI is InChI=1S/C12H17N3O/c1-3-16-11-6-4-10(5-7-11)15-9(2)8-12(13)14-15/h4-7,9H,3,8H2,1-2H3,(H2,13,14). The SMILES string of the molecule is CCOc1ccc(N2N=C(N)CC2C)cc1. The number of hydrogen-bond acceptors (Lipinski definition) is 4. The molecule has 2 rings (SSSR count). The van der Waals surface area contributed by atoms with Crippen LogP contribution in [0.2, 0.25) is 0 Å². The first-order valence-electron chi connectivity index (χ1n) is 5.55. The van der Waals surface area contributed by atoms with Crippen LogP contribution in [0.3, 0.4) is 0 Å². The third-order valence-electron chi connectivity index (χ3n) is 2.57. The van der Waals surface area contributed by atoms with Crippen molar-refractivity contribution in [2.75, 3.05) is 11.6 Å². The average Bonchev–Trinajstić information content (AvgIpc) is 2.59. The van der Waals surface area contributed by atoms with E-state index in [0.29, 0.717) is 18.5 Å². The number of anilines is 1. The highest BCUT2D eigenvalue weighted by molar-refractivity contribution is 5.84. The number of nitrogens with two attached hydrogens (primary N) is 1. The fourth-order valence-corrected chi connectivity index (χ4v) is 1.84. The summed E-state index contributed by atoms with van der Waals surface area (Å²) >= 11 is 0. The molecule has 1 aliphatic heterocycles. The Labute approximate surface area is 95.7 Å². The third kappa shape index (κ3) is 2.10. The van der Waals surface area contributed by atoms with Gasteiger partial charge in [-0.2, -0.15) is 5.10 Å². The summed E-state index contributed by atoms with van der Waals surface area (Å²) in [5.74, 6) is 1.58. The Bertz CT molecular complexity index is 386. The van der Waals surface area contributed by atoms with E-state index in [1.54, 1.807) is 0 Å². The molecule has 1 aromatic rings. The van der Waals surface area contributed by atoms with Crippen molar-refractivity contribution >= 4 is 11.5 Å². The third-order valence-corrected chi connectivity index (χ3v) is 2.57. The Kier molecular flexibility index (Phi) is 2.99. The van der Waals surface area contributed by atoms with Crippen molar-refractivity contribution in [3.05, 3.63) is 24.3 Å². The Balaban J connectivity index is 2.15. The summed E-state index contributed by atoms with van der Waals surface area (Å²) in [5, 5.41) is 6.25. The van der Waals surface area contributed by atoms with E-state index in [-0.39, 0.29) is 0 Å². The van der Waals surface area contributed by atoms with Gasteiger partial charge in [0, 0.05) is 6.42 Å². The molecule has 0 saturated carbocycles. The van der Waals surface area contributed by atoms with Gasteiger partial charge in [0.25, 0.3) is 0 Å². The van der Waals surface area contributed by atoms with Gasteiger partial charge in [-0.15, -0.1) is 0 Å². The molecule has 1 aliphatic rings. The lowest BCUT2D eigenvalue weighted by atomic mass is 10.2. The topological polar surface area (TPSA) is 50.8 Å². The molecule has 0 radical (unpaired) electrons. The second-order valence-corrected chi connectivity index (χ2v) is 3.92. The van der Waals surface area contributed by atoms with Crippen LogP contribution in [0.4, 0.5) is 5.69 Å². The number of benzene rings is 1. The monoisotopic (exact) mass is 219 g/mol. The average molecular weight is 219 g/mol. The molecule has 86 valence electrons. The van der Waals surface area contributed by atoms with Crippen LogP contribution in [0.5, 0.6) is 5.75 Å². The molecule has 0 bridgehead atoms. The van der Waals surface area contributed by atoms with Gasteiger partial charge in [0.05, 0.1) is 18.3 Å². The molecular weight excluding hydrogens is 202 g/mol. The largest absolute Gasteiger partial charge is 0.494 e. The van der Waals surface area contributed by atoms with E-state index in [0.717, 1.165) is 17.9 Å². The summed E-state index contributed by atoms with van der Waals surface area (Å²) in [5.41, 5.74) is 6.77. The summed E-state index contributed by atoms with van der Waals surface area (Å²) in [6, 6.07) is 8.25. The minimum atomic E-state index is 0.331. The van der Waals surface area contributed by atoms with E-state index in [2.05, 4.69) is 12.0 Å². The summed E-state index contributed by atoms with van der Waals surface area (Å²) in [7, 11) is 0. The molecule has 1 aromatic carbocycles. The second kappa shape index (κ2) is 4.43. The minimum absolute atomic E-state index is 0.331. The molecule has 16 heavy (non-hydrogen) atoms. The van der Waals surface area contributed by atoms with Crippen LogP contribution in [-0.2, 0) is 0 Å². The molecule has 4 heteroatoms. The fraction of sp³-hybridized carbons (Fsp3) is 0.417. The second-order valence-electron chi connectivity index (χ2n) is 3.92. The van der Waals surface area contributed by atoms with Gasteiger partial charge < -0.3 is 10.5 Å². The van der Waals surface area contributed by atoms with Crippen LogP contribution in [0.1, 0.15) is 20.3 Å². The molecule has 0 saturated heterocycles. The van der Waals surface area contributed by atoms with Gasteiger partial charge in [0.15, 0.2) is 0 Å². The lowest BCUT2D eigenvalue weighted by Crippen LogP contribution is -2.22.